The Morgan fingerprint density at radius 3 is 2.28 bits per heavy atom. The Labute approximate surface area is 110 Å². The summed E-state index contributed by atoms with van der Waals surface area (Å²) >= 11 is 4.47. The Bertz CT molecular complexity index is 554. The molecule has 5 N–H and O–H groups in total. The third-order valence-corrected chi connectivity index (χ3v) is 3.16. The SMILES string of the molecule is CC(=O)Nc1ccc(S(=O)(=O)NNC(N)=S)cc1. The van der Waals surface area contributed by atoms with Gasteiger partial charge in [-0.05, 0) is 36.5 Å². The number of nitrogens with two attached hydrogens (primary N) is 1. The molecule has 0 aromatic heterocycles. The highest BCUT2D eigenvalue weighted by Gasteiger charge is 2.13. The van der Waals surface area contributed by atoms with Gasteiger partial charge in [-0.25, -0.2) is 8.42 Å². The number of carbonyl (C=O) groups excluding carboxylic acids is 1. The number of hydrogen-bond donors (Lipinski definition) is 4. The molecule has 0 bridgehead atoms. The molecule has 7 nitrogen and oxygen atoms in total. The number of benzene rings is 1. The lowest BCUT2D eigenvalue weighted by molar-refractivity contribution is -0.114. The van der Waals surface area contributed by atoms with E-state index in [1.54, 1.807) is 0 Å². The zero-order valence-corrected chi connectivity index (χ0v) is 11.1. The summed E-state index contributed by atoms with van der Waals surface area (Å²) in [5.74, 6) is -0.237. The van der Waals surface area contributed by atoms with Crippen LogP contribution in [0.15, 0.2) is 29.2 Å². The molecule has 18 heavy (non-hydrogen) atoms. The van der Waals surface area contributed by atoms with Crippen LogP contribution >= 0.6 is 12.2 Å². The normalized spacial score (nSPS) is 10.7. The highest BCUT2D eigenvalue weighted by molar-refractivity contribution is 7.89. The summed E-state index contributed by atoms with van der Waals surface area (Å²) in [5.41, 5.74) is 7.74. The molecule has 98 valence electrons. The highest BCUT2D eigenvalue weighted by Crippen LogP contribution is 2.13. The smallest absolute Gasteiger partial charge is 0.257 e. The van der Waals surface area contributed by atoms with Crippen molar-refractivity contribution in [2.45, 2.75) is 11.8 Å². The van der Waals surface area contributed by atoms with Crippen LogP contribution in [0.25, 0.3) is 0 Å². The summed E-state index contributed by atoms with van der Waals surface area (Å²) < 4.78 is 23.4. The predicted octanol–water partition coefficient (Wildman–Crippen LogP) is -0.328. The van der Waals surface area contributed by atoms with E-state index in [-0.39, 0.29) is 15.9 Å². The van der Waals surface area contributed by atoms with E-state index in [0.717, 1.165) is 0 Å². The number of rotatable bonds is 4. The van der Waals surface area contributed by atoms with Crippen molar-refractivity contribution < 1.29 is 13.2 Å². The second-order valence-corrected chi connectivity index (χ2v) is 5.42. The van der Waals surface area contributed by atoms with Gasteiger partial charge in [-0.15, -0.1) is 4.83 Å². The molecule has 1 aromatic rings. The van der Waals surface area contributed by atoms with Crippen molar-refractivity contribution in [1.29, 1.82) is 0 Å². The molecular weight excluding hydrogens is 276 g/mol. The van der Waals surface area contributed by atoms with Gasteiger partial charge < -0.3 is 11.1 Å². The average molecular weight is 288 g/mol. The number of sulfonamides is 1. The van der Waals surface area contributed by atoms with Crippen LogP contribution in [-0.4, -0.2) is 19.4 Å². The molecule has 0 aliphatic rings. The molecule has 0 saturated carbocycles. The standard InChI is InChI=1S/C9H12N4O3S2/c1-6(14)11-7-2-4-8(5-3-7)18(15,16)13-12-9(10)17/h2-5,13H,1H3,(H,11,14)(H3,10,12,17). The van der Waals surface area contributed by atoms with Crippen LogP contribution in [0.3, 0.4) is 0 Å². The second kappa shape index (κ2) is 5.76. The molecule has 0 aliphatic carbocycles. The van der Waals surface area contributed by atoms with Crippen molar-refractivity contribution in [3.05, 3.63) is 24.3 Å². The molecule has 1 amide bonds. The maximum Gasteiger partial charge on any atom is 0.257 e. The number of amides is 1. The van der Waals surface area contributed by atoms with Crippen LogP contribution in [0.5, 0.6) is 0 Å². The fourth-order valence-electron chi connectivity index (χ4n) is 1.10. The van der Waals surface area contributed by atoms with Crippen molar-refractivity contribution in [3.8, 4) is 0 Å². The van der Waals surface area contributed by atoms with Crippen LogP contribution in [-0.2, 0) is 14.8 Å². The molecule has 0 saturated heterocycles. The molecule has 1 aromatic carbocycles. The molecule has 0 radical (unpaired) electrons. The Morgan fingerprint density at radius 1 is 1.28 bits per heavy atom. The maximum atomic E-state index is 11.7. The van der Waals surface area contributed by atoms with Gasteiger partial charge in [-0.3, -0.25) is 10.2 Å². The van der Waals surface area contributed by atoms with Gasteiger partial charge in [-0.2, -0.15) is 0 Å². The van der Waals surface area contributed by atoms with Gasteiger partial charge in [0.25, 0.3) is 10.0 Å². The minimum absolute atomic E-state index is 0.0142. The van der Waals surface area contributed by atoms with Crippen molar-refractivity contribution in [3.63, 3.8) is 0 Å². The Kier molecular flexibility index (Phi) is 4.59. The number of thiocarbonyl (C=S) groups is 1. The predicted molar refractivity (Wildman–Crippen MR) is 71.0 cm³/mol. The molecule has 9 heteroatoms. The third-order valence-electron chi connectivity index (χ3n) is 1.79. The lowest BCUT2D eigenvalue weighted by Gasteiger charge is -2.08. The fraction of sp³-hybridized carbons (Fsp3) is 0.111. The number of hydrogen-bond acceptors (Lipinski definition) is 4. The van der Waals surface area contributed by atoms with Crippen LogP contribution in [0.1, 0.15) is 6.92 Å². The van der Waals surface area contributed by atoms with Gasteiger partial charge >= 0.3 is 0 Å². The zero-order chi connectivity index (χ0) is 13.8. The lowest BCUT2D eigenvalue weighted by atomic mass is 10.3. The van der Waals surface area contributed by atoms with Crippen molar-refractivity contribution >= 4 is 38.9 Å². The highest BCUT2D eigenvalue weighted by atomic mass is 32.2. The van der Waals surface area contributed by atoms with Gasteiger partial charge in [0.05, 0.1) is 4.90 Å². The summed E-state index contributed by atoms with van der Waals surface area (Å²) in [6.07, 6.45) is 0. The Morgan fingerprint density at radius 2 is 1.83 bits per heavy atom. The first kappa shape index (κ1) is 14.4. The maximum absolute atomic E-state index is 11.7. The Hall–Kier alpha value is -1.71. The topological polar surface area (TPSA) is 113 Å². The van der Waals surface area contributed by atoms with Gasteiger partial charge in [0.2, 0.25) is 5.91 Å². The minimum Gasteiger partial charge on any atom is -0.375 e. The first-order chi connectivity index (χ1) is 8.31. The first-order valence-electron chi connectivity index (χ1n) is 4.76. The molecular formula is C9H12N4O3S2. The second-order valence-electron chi connectivity index (χ2n) is 3.30. The molecule has 1 rings (SSSR count). The van der Waals surface area contributed by atoms with Crippen LogP contribution in [0.4, 0.5) is 5.69 Å². The summed E-state index contributed by atoms with van der Waals surface area (Å²) in [4.78, 5) is 12.8. The van der Waals surface area contributed by atoms with Gasteiger partial charge in [0.1, 0.15) is 0 Å². The Balaban J connectivity index is 2.84. The van der Waals surface area contributed by atoms with E-state index in [2.05, 4.69) is 23.0 Å². The zero-order valence-electron chi connectivity index (χ0n) is 9.43. The monoisotopic (exact) mass is 288 g/mol. The van der Waals surface area contributed by atoms with E-state index < -0.39 is 10.0 Å². The van der Waals surface area contributed by atoms with Gasteiger partial charge in [0.15, 0.2) is 5.11 Å². The number of anilines is 1. The molecule has 0 spiro atoms. The van der Waals surface area contributed by atoms with Crippen molar-refractivity contribution in [2.24, 2.45) is 5.73 Å². The number of carbonyl (C=O) groups is 1. The van der Waals surface area contributed by atoms with E-state index in [9.17, 15) is 13.2 Å². The van der Waals surface area contributed by atoms with Crippen LogP contribution < -0.4 is 21.3 Å². The van der Waals surface area contributed by atoms with E-state index >= 15 is 0 Å². The number of nitrogens with one attached hydrogen (secondary N) is 3. The van der Waals surface area contributed by atoms with E-state index in [4.69, 9.17) is 5.73 Å². The third kappa shape index (κ3) is 4.28. The molecule has 0 atom stereocenters. The van der Waals surface area contributed by atoms with Crippen LogP contribution in [0.2, 0.25) is 0 Å². The molecule has 0 unspecified atom stereocenters. The first-order valence-corrected chi connectivity index (χ1v) is 6.65. The summed E-state index contributed by atoms with van der Waals surface area (Å²) in [7, 11) is -3.74. The molecule has 0 aliphatic heterocycles. The van der Waals surface area contributed by atoms with Crippen molar-refractivity contribution in [2.75, 3.05) is 5.32 Å². The minimum atomic E-state index is -3.74. The fourth-order valence-corrected chi connectivity index (χ4v) is 2.07. The number of hydrazine groups is 1. The molecule has 0 fully saturated rings. The van der Waals surface area contributed by atoms with E-state index in [0.29, 0.717) is 5.69 Å². The van der Waals surface area contributed by atoms with E-state index in [1.165, 1.54) is 31.2 Å². The summed E-state index contributed by atoms with van der Waals surface area (Å²) in [6, 6.07) is 5.62. The van der Waals surface area contributed by atoms with Crippen LogP contribution in [0, 0.1) is 0 Å². The lowest BCUT2D eigenvalue weighted by Crippen LogP contribution is -2.44. The van der Waals surface area contributed by atoms with Gasteiger partial charge in [-0.1, -0.05) is 0 Å². The van der Waals surface area contributed by atoms with Gasteiger partial charge in [0, 0.05) is 12.6 Å². The quantitative estimate of drug-likeness (QED) is 0.446. The summed E-state index contributed by atoms with van der Waals surface area (Å²) in [6.45, 7) is 1.36. The van der Waals surface area contributed by atoms with E-state index in [1.807, 2.05) is 4.83 Å². The largest absolute Gasteiger partial charge is 0.375 e. The summed E-state index contributed by atoms with van der Waals surface area (Å²) in [5, 5.41) is 2.34. The average Bonchev–Trinajstić information content (AvgIpc) is 2.26. The molecule has 0 heterocycles. The van der Waals surface area contributed by atoms with Crippen molar-refractivity contribution in [1.82, 2.24) is 10.3 Å².